The van der Waals surface area contributed by atoms with E-state index in [0.29, 0.717) is 17.7 Å². The molecule has 0 spiro atoms. The summed E-state index contributed by atoms with van der Waals surface area (Å²) >= 11 is 1.67. The van der Waals surface area contributed by atoms with Gasteiger partial charge in [-0.25, -0.2) is 0 Å². The lowest BCUT2D eigenvalue weighted by atomic mass is 9.98. The van der Waals surface area contributed by atoms with Crippen molar-refractivity contribution in [3.8, 4) is 11.4 Å². The van der Waals surface area contributed by atoms with Crippen LogP contribution in [0.2, 0.25) is 0 Å². The Bertz CT molecular complexity index is 750. The number of fused-ring (bicyclic) bond motifs is 1. The lowest BCUT2D eigenvalue weighted by Gasteiger charge is -2.07. The van der Waals surface area contributed by atoms with Crippen molar-refractivity contribution in [1.29, 1.82) is 0 Å². The maximum atomic E-state index is 5.44. The monoisotopic (exact) mass is 286 g/mol. The smallest absolute Gasteiger partial charge is 0.231 e. The van der Waals surface area contributed by atoms with Gasteiger partial charge in [0.2, 0.25) is 11.7 Å². The third-order valence-corrected chi connectivity index (χ3v) is 4.69. The Labute approximate surface area is 120 Å². The summed E-state index contributed by atoms with van der Waals surface area (Å²) in [6, 6.07) is 4.08. The van der Waals surface area contributed by atoms with Crippen LogP contribution in [0.5, 0.6) is 0 Å². The van der Waals surface area contributed by atoms with Crippen molar-refractivity contribution in [2.75, 3.05) is 13.1 Å². The second kappa shape index (κ2) is 4.64. The number of aromatic nitrogens is 3. The molecule has 4 heterocycles. The van der Waals surface area contributed by atoms with Gasteiger partial charge in [0, 0.05) is 18.3 Å². The molecule has 0 saturated carbocycles. The second-order valence-electron chi connectivity index (χ2n) is 5.23. The fourth-order valence-electron chi connectivity index (χ4n) is 2.61. The van der Waals surface area contributed by atoms with Gasteiger partial charge in [-0.3, -0.25) is 4.98 Å². The molecule has 20 heavy (non-hydrogen) atoms. The van der Waals surface area contributed by atoms with Crippen LogP contribution in [0.4, 0.5) is 0 Å². The molecule has 1 saturated heterocycles. The van der Waals surface area contributed by atoms with Crippen LogP contribution in [-0.4, -0.2) is 28.2 Å². The molecule has 0 unspecified atom stereocenters. The number of nitrogens with zero attached hydrogens (tertiary/aromatic N) is 3. The van der Waals surface area contributed by atoms with Crippen molar-refractivity contribution in [3.63, 3.8) is 0 Å². The quantitative estimate of drug-likeness (QED) is 0.784. The molecule has 0 aliphatic carbocycles. The third kappa shape index (κ3) is 1.92. The van der Waals surface area contributed by atoms with Gasteiger partial charge in [-0.15, -0.1) is 11.3 Å². The maximum absolute atomic E-state index is 5.44. The first-order valence-corrected chi connectivity index (χ1v) is 7.57. The average Bonchev–Trinajstić information content (AvgIpc) is 3.17. The summed E-state index contributed by atoms with van der Waals surface area (Å²) in [6.07, 6.45) is 1.81. The standard InChI is InChI=1S/C14H14N4OS/c1-8-5-15-7-10(8)14-17-13(18-19-14)9-4-12-11(16-6-9)2-3-20-12/h2-4,6,8,10,15H,5,7H2,1H3/t8-,10-/m1/s1. The van der Waals surface area contributed by atoms with Crippen molar-refractivity contribution >= 4 is 21.6 Å². The van der Waals surface area contributed by atoms with E-state index >= 15 is 0 Å². The van der Waals surface area contributed by atoms with Gasteiger partial charge in [-0.1, -0.05) is 12.1 Å². The highest BCUT2D eigenvalue weighted by Crippen LogP contribution is 2.29. The van der Waals surface area contributed by atoms with E-state index in [9.17, 15) is 0 Å². The summed E-state index contributed by atoms with van der Waals surface area (Å²) < 4.78 is 6.58. The second-order valence-corrected chi connectivity index (χ2v) is 6.17. The van der Waals surface area contributed by atoms with Crippen LogP contribution in [0.15, 0.2) is 28.2 Å². The average molecular weight is 286 g/mol. The molecule has 0 aromatic carbocycles. The molecule has 4 rings (SSSR count). The highest BCUT2D eigenvalue weighted by molar-refractivity contribution is 7.17. The third-order valence-electron chi connectivity index (χ3n) is 3.84. The molecule has 0 amide bonds. The first-order chi connectivity index (χ1) is 9.81. The van der Waals surface area contributed by atoms with Crippen LogP contribution in [-0.2, 0) is 0 Å². The predicted octanol–water partition coefficient (Wildman–Crippen LogP) is 2.67. The number of rotatable bonds is 2. The van der Waals surface area contributed by atoms with Crippen molar-refractivity contribution in [1.82, 2.24) is 20.4 Å². The van der Waals surface area contributed by atoms with Crippen molar-refractivity contribution < 1.29 is 4.52 Å². The highest BCUT2D eigenvalue weighted by Gasteiger charge is 2.29. The number of nitrogens with one attached hydrogen (secondary N) is 1. The Kier molecular flexibility index (Phi) is 2.78. The van der Waals surface area contributed by atoms with Crippen molar-refractivity contribution in [2.24, 2.45) is 5.92 Å². The molecule has 0 bridgehead atoms. The van der Waals surface area contributed by atoms with Gasteiger partial charge >= 0.3 is 0 Å². The zero-order chi connectivity index (χ0) is 13.5. The minimum absolute atomic E-state index is 0.315. The topological polar surface area (TPSA) is 63.8 Å². The first kappa shape index (κ1) is 12.0. The van der Waals surface area contributed by atoms with Gasteiger partial charge in [0.25, 0.3) is 0 Å². The van der Waals surface area contributed by atoms with E-state index < -0.39 is 0 Å². The van der Waals surface area contributed by atoms with Crippen LogP contribution in [0.25, 0.3) is 21.6 Å². The van der Waals surface area contributed by atoms with E-state index in [0.717, 1.165) is 34.8 Å². The molecule has 3 aromatic heterocycles. The Morgan fingerprint density at radius 3 is 3.20 bits per heavy atom. The summed E-state index contributed by atoms with van der Waals surface area (Å²) in [6.45, 7) is 4.11. The molecule has 3 aromatic rings. The van der Waals surface area contributed by atoms with Gasteiger partial charge in [0.1, 0.15) is 0 Å². The van der Waals surface area contributed by atoms with E-state index in [2.05, 4.69) is 33.4 Å². The minimum Gasteiger partial charge on any atom is -0.339 e. The molecule has 1 N–H and O–H groups in total. The van der Waals surface area contributed by atoms with Crippen LogP contribution >= 0.6 is 11.3 Å². The molecule has 6 heteroatoms. The number of hydrogen-bond acceptors (Lipinski definition) is 6. The summed E-state index contributed by atoms with van der Waals surface area (Å²) in [5.74, 6) is 2.20. The predicted molar refractivity (Wildman–Crippen MR) is 77.7 cm³/mol. The van der Waals surface area contributed by atoms with Crippen LogP contribution < -0.4 is 5.32 Å². The van der Waals surface area contributed by atoms with Crippen LogP contribution in [0, 0.1) is 5.92 Å². The van der Waals surface area contributed by atoms with Gasteiger partial charge in [0.15, 0.2) is 0 Å². The molecular formula is C14H14N4OS. The Morgan fingerprint density at radius 1 is 1.40 bits per heavy atom. The fraction of sp³-hybridized carbons (Fsp3) is 0.357. The normalized spacial score (nSPS) is 22.6. The van der Waals surface area contributed by atoms with Gasteiger partial charge in [-0.05, 0) is 30.0 Å². The largest absolute Gasteiger partial charge is 0.339 e. The Balaban J connectivity index is 1.70. The lowest BCUT2D eigenvalue weighted by Crippen LogP contribution is -2.08. The zero-order valence-electron chi connectivity index (χ0n) is 11.0. The molecule has 1 fully saturated rings. The molecule has 1 aliphatic rings. The molecule has 5 nitrogen and oxygen atoms in total. The van der Waals surface area contributed by atoms with Crippen LogP contribution in [0.3, 0.4) is 0 Å². The Morgan fingerprint density at radius 2 is 2.35 bits per heavy atom. The SMILES string of the molecule is C[C@@H]1CNC[C@H]1c1nc(-c2cnc3ccsc3c2)no1. The first-order valence-electron chi connectivity index (χ1n) is 6.69. The van der Waals surface area contributed by atoms with E-state index in [1.165, 1.54) is 0 Å². The number of pyridine rings is 1. The maximum Gasteiger partial charge on any atom is 0.231 e. The molecule has 102 valence electrons. The minimum atomic E-state index is 0.315. The molecule has 1 aliphatic heterocycles. The summed E-state index contributed by atoms with van der Waals surface area (Å²) in [5, 5.41) is 9.50. The van der Waals surface area contributed by atoms with Gasteiger partial charge in [-0.2, -0.15) is 4.98 Å². The molecular weight excluding hydrogens is 272 g/mol. The fourth-order valence-corrected chi connectivity index (χ4v) is 3.39. The van der Waals surface area contributed by atoms with Gasteiger partial charge in [0.05, 0.1) is 16.1 Å². The van der Waals surface area contributed by atoms with Crippen LogP contribution in [0.1, 0.15) is 18.7 Å². The van der Waals surface area contributed by atoms with Gasteiger partial charge < -0.3 is 9.84 Å². The molecule has 2 atom stereocenters. The van der Waals surface area contributed by atoms with E-state index in [1.54, 1.807) is 17.5 Å². The van der Waals surface area contributed by atoms with Crippen molar-refractivity contribution in [2.45, 2.75) is 12.8 Å². The van der Waals surface area contributed by atoms with E-state index in [-0.39, 0.29) is 0 Å². The summed E-state index contributed by atoms with van der Waals surface area (Å²) in [5.41, 5.74) is 1.92. The summed E-state index contributed by atoms with van der Waals surface area (Å²) in [7, 11) is 0. The zero-order valence-corrected chi connectivity index (χ0v) is 11.9. The lowest BCUT2D eigenvalue weighted by molar-refractivity contribution is 0.340. The Hall–Kier alpha value is -1.79. The van der Waals surface area contributed by atoms with E-state index in [4.69, 9.17) is 4.52 Å². The number of thiophene rings is 1. The summed E-state index contributed by atoms with van der Waals surface area (Å²) in [4.78, 5) is 8.97. The molecule has 0 radical (unpaired) electrons. The van der Waals surface area contributed by atoms with Crippen molar-refractivity contribution in [3.05, 3.63) is 29.6 Å². The highest BCUT2D eigenvalue weighted by atomic mass is 32.1. The van der Waals surface area contributed by atoms with E-state index in [1.807, 2.05) is 11.4 Å². The number of hydrogen-bond donors (Lipinski definition) is 1.